The summed E-state index contributed by atoms with van der Waals surface area (Å²) in [6.45, 7) is 3.98. The van der Waals surface area contributed by atoms with Gasteiger partial charge in [0.05, 0.1) is 12.6 Å². The molecule has 0 atom stereocenters. The molecular formula is C22H25FN4O. The second-order valence-corrected chi connectivity index (χ2v) is 7.33. The maximum Gasteiger partial charge on any atom is 0.137 e. The molecule has 3 aromatic rings. The highest BCUT2D eigenvalue weighted by atomic mass is 19.1. The molecule has 0 bridgehead atoms. The SMILES string of the molecule is COc1ccc(CN2CCC(CNc3ncnc4ccc(F)cc34)CC2)cc1. The third kappa shape index (κ3) is 4.39. The third-order valence-electron chi connectivity index (χ3n) is 5.43. The number of piperidine rings is 1. The van der Waals surface area contributed by atoms with Gasteiger partial charge in [-0.1, -0.05) is 12.1 Å². The van der Waals surface area contributed by atoms with E-state index < -0.39 is 0 Å². The molecule has 6 heteroatoms. The Morgan fingerprint density at radius 3 is 2.64 bits per heavy atom. The zero-order valence-corrected chi connectivity index (χ0v) is 16.1. The van der Waals surface area contributed by atoms with Gasteiger partial charge in [0, 0.05) is 18.5 Å². The summed E-state index contributed by atoms with van der Waals surface area (Å²) in [5.74, 6) is 1.93. The molecule has 146 valence electrons. The van der Waals surface area contributed by atoms with Crippen molar-refractivity contribution in [2.45, 2.75) is 19.4 Å². The molecule has 2 heterocycles. The number of ether oxygens (including phenoxy) is 1. The molecule has 1 saturated heterocycles. The van der Waals surface area contributed by atoms with Crippen molar-refractivity contribution in [3.05, 3.63) is 60.2 Å². The minimum atomic E-state index is -0.266. The third-order valence-corrected chi connectivity index (χ3v) is 5.43. The van der Waals surface area contributed by atoms with Crippen LogP contribution in [-0.4, -0.2) is 41.6 Å². The van der Waals surface area contributed by atoms with Gasteiger partial charge in [-0.3, -0.25) is 4.90 Å². The monoisotopic (exact) mass is 380 g/mol. The lowest BCUT2D eigenvalue weighted by atomic mass is 9.96. The molecule has 2 aromatic carbocycles. The summed E-state index contributed by atoms with van der Waals surface area (Å²) in [6.07, 6.45) is 3.81. The van der Waals surface area contributed by atoms with Crippen LogP contribution in [0, 0.1) is 11.7 Å². The molecule has 28 heavy (non-hydrogen) atoms. The van der Waals surface area contributed by atoms with E-state index in [-0.39, 0.29) is 5.82 Å². The van der Waals surface area contributed by atoms with E-state index in [1.807, 2.05) is 12.1 Å². The smallest absolute Gasteiger partial charge is 0.137 e. The maximum atomic E-state index is 13.6. The number of halogens is 1. The largest absolute Gasteiger partial charge is 0.497 e. The van der Waals surface area contributed by atoms with Gasteiger partial charge < -0.3 is 10.1 Å². The van der Waals surface area contributed by atoms with Gasteiger partial charge >= 0.3 is 0 Å². The standard InChI is InChI=1S/C22H25FN4O/c1-28-19-5-2-17(3-6-19)14-27-10-8-16(9-11-27)13-24-22-20-12-18(23)4-7-21(20)25-15-26-22/h2-7,12,15-16H,8-11,13-14H2,1H3,(H,24,25,26). The van der Waals surface area contributed by atoms with E-state index in [4.69, 9.17) is 4.74 Å². The van der Waals surface area contributed by atoms with Crippen molar-refractivity contribution in [1.29, 1.82) is 0 Å². The van der Waals surface area contributed by atoms with Crippen molar-refractivity contribution < 1.29 is 9.13 Å². The van der Waals surface area contributed by atoms with Crippen molar-refractivity contribution in [2.24, 2.45) is 5.92 Å². The van der Waals surface area contributed by atoms with E-state index in [2.05, 4.69) is 32.3 Å². The lowest BCUT2D eigenvalue weighted by molar-refractivity contribution is 0.182. The number of hydrogen-bond donors (Lipinski definition) is 1. The van der Waals surface area contributed by atoms with Crippen molar-refractivity contribution in [3.8, 4) is 5.75 Å². The summed E-state index contributed by atoms with van der Waals surface area (Å²) >= 11 is 0. The van der Waals surface area contributed by atoms with Crippen LogP contribution in [0.2, 0.25) is 0 Å². The fourth-order valence-corrected chi connectivity index (χ4v) is 3.75. The number of nitrogens with one attached hydrogen (secondary N) is 1. The summed E-state index contributed by atoms with van der Waals surface area (Å²) in [7, 11) is 1.69. The predicted molar refractivity (Wildman–Crippen MR) is 109 cm³/mol. The van der Waals surface area contributed by atoms with Crippen LogP contribution in [0.25, 0.3) is 10.9 Å². The zero-order chi connectivity index (χ0) is 19.3. The molecule has 0 unspecified atom stereocenters. The molecule has 0 radical (unpaired) electrons. The van der Waals surface area contributed by atoms with Crippen LogP contribution in [-0.2, 0) is 6.54 Å². The van der Waals surface area contributed by atoms with Crippen LogP contribution < -0.4 is 10.1 Å². The summed E-state index contributed by atoms with van der Waals surface area (Å²) in [5.41, 5.74) is 2.07. The van der Waals surface area contributed by atoms with Gasteiger partial charge in [-0.2, -0.15) is 0 Å². The van der Waals surface area contributed by atoms with Gasteiger partial charge in [-0.05, 0) is 67.7 Å². The average Bonchev–Trinajstić information content (AvgIpc) is 2.74. The number of fused-ring (bicyclic) bond motifs is 1. The first kappa shape index (κ1) is 18.6. The van der Waals surface area contributed by atoms with Crippen LogP contribution in [0.1, 0.15) is 18.4 Å². The topological polar surface area (TPSA) is 50.3 Å². The summed E-state index contributed by atoms with van der Waals surface area (Å²) in [5, 5.41) is 4.15. The molecule has 0 saturated carbocycles. The Labute approximate surface area is 164 Å². The first-order chi connectivity index (χ1) is 13.7. The molecule has 4 rings (SSSR count). The fourth-order valence-electron chi connectivity index (χ4n) is 3.75. The van der Waals surface area contributed by atoms with Crippen molar-refractivity contribution in [3.63, 3.8) is 0 Å². The van der Waals surface area contributed by atoms with Crippen LogP contribution in [0.3, 0.4) is 0 Å². The van der Waals surface area contributed by atoms with Crippen LogP contribution >= 0.6 is 0 Å². The molecule has 1 aliphatic rings. The van der Waals surface area contributed by atoms with Crippen molar-refractivity contribution >= 4 is 16.7 Å². The molecule has 1 fully saturated rings. The van der Waals surface area contributed by atoms with E-state index in [1.54, 1.807) is 13.2 Å². The Balaban J connectivity index is 1.29. The Hall–Kier alpha value is -2.73. The normalized spacial score (nSPS) is 15.6. The Morgan fingerprint density at radius 2 is 1.89 bits per heavy atom. The molecule has 0 aliphatic carbocycles. The predicted octanol–water partition coefficient (Wildman–Crippen LogP) is 4.10. The Morgan fingerprint density at radius 1 is 1.11 bits per heavy atom. The Kier molecular flexibility index (Phi) is 5.67. The average molecular weight is 380 g/mol. The molecule has 1 aliphatic heterocycles. The quantitative estimate of drug-likeness (QED) is 0.698. The number of rotatable bonds is 6. The number of methoxy groups -OCH3 is 1. The summed E-state index contributed by atoms with van der Waals surface area (Å²) < 4.78 is 18.8. The molecule has 0 spiro atoms. The van der Waals surface area contributed by atoms with Crippen LogP contribution in [0.15, 0.2) is 48.8 Å². The zero-order valence-electron chi connectivity index (χ0n) is 16.1. The lowest BCUT2D eigenvalue weighted by Gasteiger charge is -2.32. The highest BCUT2D eigenvalue weighted by molar-refractivity contribution is 5.88. The first-order valence-electron chi connectivity index (χ1n) is 9.70. The van der Waals surface area contributed by atoms with E-state index in [1.165, 1.54) is 24.0 Å². The van der Waals surface area contributed by atoms with Gasteiger partial charge in [-0.15, -0.1) is 0 Å². The second-order valence-electron chi connectivity index (χ2n) is 7.33. The lowest BCUT2D eigenvalue weighted by Crippen LogP contribution is -2.35. The van der Waals surface area contributed by atoms with Gasteiger partial charge in [0.15, 0.2) is 0 Å². The molecule has 1 N–H and O–H groups in total. The van der Waals surface area contributed by atoms with Crippen molar-refractivity contribution in [2.75, 3.05) is 32.1 Å². The Bertz CT molecular complexity index is 923. The molecular weight excluding hydrogens is 355 g/mol. The number of nitrogens with zero attached hydrogens (tertiary/aromatic N) is 3. The van der Waals surface area contributed by atoms with E-state index in [0.29, 0.717) is 11.7 Å². The van der Waals surface area contributed by atoms with Gasteiger partial charge in [0.1, 0.15) is 23.7 Å². The van der Waals surface area contributed by atoms with E-state index >= 15 is 0 Å². The van der Waals surface area contributed by atoms with E-state index in [9.17, 15) is 4.39 Å². The van der Waals surface area contributed by atoms with Crippen LogP contribution in [0.5, 0.6) is 5.75 Å². The number of likely N-dealkylation sites (tertiary alicyclic amines) is 1. The number of benzene rings is 2. The number of aromatic nitrogens is 2. The minimum Gasteiger partial charge on any atom is -0.497 e. The summed E-state index contributed by atoms with van der Waals surface area (Å²) in [6, 6.07) is 12.9. The molecule has 0 amide bonds. The fraction of sp³-hybridized carbons (Fsp3) is 0.364. The molecule has 5 nitrogen and oxygen atoms in total. The van der Waals surface area contributed by atoms with E-state index in [0.717, 1.165) is 55.7 Å². The highest BCUT2D eigenvalue weighted by Crippen LogP contribution is 2.23. The van der Waals surface area contributed by atoms with Gasteiger partial charge in [0.2, 0.25) is 0 Å². The van der Waals surface area contributed by atoms with Gasteiger partial charge in [0.25, 0.3) is 0 Å². The highest BCUT2D eigenvalue weighted by Gasteiger charge is 2.19. The number of anilines is 1. The first-order valence-corrected chi connectivity index (χ1v) is 9.70. The molecule has 1 aromatic heterocycles. The second kappa shape index (κ2) is 8.52. The van der Waals surface area contributed by atoms with Gasteiger partial charge in [-0.25, -0.2) is 14.4 Å². The minimum absolute atomic E-state index is 0.266. The van der Waals surface area contributed by atoms with Crippen molar-refractivity contribution in [1.82, 2.24) is 14.9 Å². The maximum absolute atomic E-state index is 13.6. The van der Waals surface area contributed by atoms with Crippen LogP contribution in [0.4, 0.5) is 10.2 Å². The number of hydrogen-bond acceptors (Lipinski definition) is 5. The summed E-state index contributed by atoms with van der Waals surface area (Å²) in [4.78, 5) is 11.0.